The van der Waals surface area contributed by atoms with Gasteiger partial charge in [-0.25, -0.2) is 9.59 Å². The van der Waals surface area contributed by atoms with Gasteiger partial charge < -0.3 is 14.5 Å². The summed E-state index contributed by atoms with van der Waals surface area (Å²) in [5, 5.41) is 2.76. The number of carbonyl (C=O) groups excluding carboxylic acids is 2. The van der Waals surface area contributed by atoms with Crippen LogP contribution in [0, 0.1) is 0 Å². The molecule has 1 heterocycles. The van der Waals surface area contributed by atoms with E-state index in [2.05, 4.69) is 23.9 Å². The fourth-order valence-electron chi connectivity index (χ4n) is 2.76. The molecule has 1 N–H and O–H groups in total. The summed E-state index contributed by atoms with van der Waals surface area (Å²) in [7, 11) is 1.27. The third-order valence-electron chi connectivity index (χ3n) is 4.25. The molecule has 0 atom stereocenters. The first-order chi connectivity index (χ1) is 12.9. The molecule has 2 aromatic carbocycles. The van der Waals surface area contributed by atoms with Gasteiger partial charge in [0, 0.05) is 5.69 Å². The highest BCUT2D eigenvalue weighted by Crippen LogP contribution is 2.18. The van der Waals surface area contributed by atoms with Crippen LogP contribution < -0.4 is 11.1 Å². The van der Waals surface area contributed by atoms with E-state index < -0.39 is 11.7 Å². The van der Waals surface area contributed by atoms with Gasteiger partial charge in [-0.3, -0.25) is 9.36 Å². The summed E-state index contributed by atoms with van der Waals surface area (Å²) >= 11 is 0. The number of anilines is 1. The molecule has 0 saturated heterocycles. The van der Waals surface area contributed by atoms with Crippen molar-refractivity contribution in [1.82, 2.24) is 4.57 Å². The third kappa shape index (κ3) is 3.92. The fourth-order valence-corrected chi connectivity index (χ4v) is 2.76. The minimum Gasteiger partial charge on any atom is -0.465 e. The molecule has 0 unspecified atom stereocenters. The minimum atomic E-state index is -0.669. The van der Waals surface area contributed by atoms with Crippen molar-refractivity contribution < 1.29 is 18.7 Å². The van der Waals surface area contributed by atoms with Gasteiger partial charge in [-0.1, -0.05) is 26.0 Å². The number of aromatic nitrogens is 1. The number of nitrogens with zero attached hydrogens (tertiary/aromatic N) is 1. The van der Waals surface area contributed by atoms with Crippen molar-refractivity contribution in [3.63, 3.8) is 0 Å². The maximum Gasteiger partial charge on any atom is 0.420 e. The molecule has 0 spiro atoms. The molecule has 3 rings (SSSR count). The average Bonchev–Trinajstić information content (AvgIpc) is 2.96. The van der Waals surface area contributed by atoms with E-state index in [4.69, 9.17) is 4.42 Å². The molecule has 0 saturated carbocycles. The molecule has 3 aromatic rings. The molecule has 0 aliphatic rings. The molecule has 0 aliphatic heterocycles. The standard InChI is InChI=1S/C20H20N2O5/c1-12(2)13-4-7-15(8-5-13)21-18(23)11-22-16-9-6-14(19(24)26-3)10-17(16)27-20(22)25/h4-10,12H,11H2,1-3H3,(H,21,23). The maximum absolute atomic E-state index is 12.3. The van der Waals surface area contributed by atoms with Crippen molar-refractivity contribution in [1.29, 1.82) is 0 Å². The molecule has 1 aromatic heterocycles. The van der Waals surface area contributed by atoms with Crippen LogP contribution in [0.4, 0.5) is 5.69 Å². The predicted octanol–water partition coefficient (Wildman–Crippen LogP) is 3.14. The van der Waals surface area contributed by atoms with Crippen LogP contribution in [0.25, 0.3) is 11.1 Å². The van der Waals surface area contributed by atoms with Crippen LogP contribution in [-0.2, 0) is 16.1 Å². The van der Waals surface area contributed by atoms with Crippen LogP contribution in [0.15, 0.2) is 51.7 Å². The van der Waals surface area contributed by atoms with Gasteiger partial charge >= 0.3 is 11.7 Å². The molecule has 0 aliphatic carbocycles. The number of hydrogen-bond acceptors (Lipinski definition) is 5. The monoisotopic (exact) mass is 368 g/mol. The molecule has 7 nitrogen and oxygen atoms in total. The number of hydrogen-bond donors (Lipinski definition) is 1. The second kappa shape index (κ2) is 7.49. The Bertz CT molecular complexity index is 1040. The van der Waals surface area contributed by atoms with E-state index in [1.165, 1.54) is 29.4 Å². The van der Waals surface area contributed by atoms with Crippen LogP contribution in [0.5, 0.6) is 0 Å². The van der Waals surface area contributed by atoms with E-state index in [-0.39, 0.29) is 23.6 Å². The lowest BCUT2D eigenvalue weighted by Gasteiger charge is -2.08. The Labute approximate surface area is 155 Å². The molecule has 1 amide bonds. The van der Waals surface area contributed by atoms with Crippen molar-refractivity contribution in [2.75, 3.05) is 12.4 Å². The van der Waals surface area contributed by atoms with Gasteiger partial charge in [0.1, 0.15) is 6.54 Å². The summed E-state index contributed by atoms with van der Waals surface area (Å²) in [5.41, 5.74) is 2.74. The minimum absolute atomic E-state index is 0.199. The number of oxazole rings is 1. The molecular formula is C20H20N2O5. The van der Waals surface area contributed by atoms with E-state index in [0.29, 0.717) is 17.1 Å². The first kappa shape index (κ1) is 18.4. The number of methoxy groups -OCH3 is 1. The van der Waals surface area contributed by atoms with Crippen molar-refractivity contribution in [2.45, 2.75) is 26.3 Å². The highest BCUT2D eigenvalue weighted by atomic mass is 16.5. The van der Waals surface area contributed by atoms with Crippen LogP contribution in [0.1, 0.15) is 35.7 Å². The molecule has 0 radical (unpaired) electrons. The SMILES string of the molecule is COC(=O)c1ccc2c(c1)oc(=O)n2CC(=O)Nc1ccc(C(C)C)cc1. The number of amides is 1. The van der Waals surface area contributed by atoms with Crippen LogP contribution in [0.3, 0.4) is 0 Å². The van der Waals surface area contributed by atoms with Gasteiger partial charge in [0.15, 0.2) is 5.58 Å². The van der Waals surface area contributed by atoms with Gasteiger partial charge in [-0.15, -0.1) is 0 Å². The van der Waals surface area contributed by atoms with Gasteiger partial charge in [0.25, 0.3) is 0 Å². The highest BCUT2D eigenvalue weighted by Gasteiger charge is 2.15. The van der Waals surface area contributed by atoms with Crippen molar-refractivity contribution in [2.24, 2.45) is 0 Å². The number of benzene rings is 2. The van der Waals surface area contributed by atoms with Crippen molar-refractivity contribution in [3.05, 3.63) is 64.1 Å². The molecule has 140 valence electrons. The zero-order valence-corrected chi connectivity index (χ0v) is 15.3. The Morgan fingerprint density at radius 3 is 2.48 bits per heavy atom. The van der Waals surface area contributed by atoms with Crippen molar-refractivity contribution in [3.8, 4) is 0 Å². The second-order valence-electron chi connectivity index (χ2n) is 6.45. The molecule has 0 fully saturated rings. The van der Waals surface area contributed by atoms with E-state index in [1.807, 2.05) is 24.3 Å². The number of rotatable bonds is 5. The Kier molecular flexibility index (Phi) is 5.12. The predicted molar refractivity (Wildman–Crippen MR) is 101 cm³/mol. The van der Waals surface area contributed by atoms with E-state index >= 15 is 0 Å². The van der Waals surface area contributed by atoms with E-state index in [0.717, 1.165) is 0 Å². The molecule has 27 heavy (non-hydrogen) atoms. The quantitative estimate of drug-likeness (QED) is 0.699. The lowest BCUT2D eigenvalue weighted by molar-refractivity contribution is -0.116. The summed E-state index contributed by atoms with van der Waals surface area (Å²) in [6.07, 6.45) is 0. The normalized spacial score (nSPS) is 11.0. The Hall–Kier alpha value is -3.35. The van der Waals surface area contributed by atoms with Crippen LogP contribution >= 0.6 is 0 Å². The van der Waals surface area contributed by atoms with Gasteiger partial charge in [0.05, 0.1) is 18.2 Å². The molecular weight excluding hydrogens is 348 g/mol. The molecule has 0 bridgehead atoms. The van der Waals surface area contributed by atoms with Gasteiger partial charge in [0.2, 0.25) is 5.91 Å². The third-order valence-corrected chi connectivity index (χ3v) is 4.25. The Morgan fingerprint density at radius 2 is 1.85 bits per heavy atom. The summed E-state index contributed by atoms with van der Waals surface area (Å²) in [6, 6.07) is 12.0. The van der Waals surface area contributed by atoms with Gasteiger partial charge in [-0.05, 0) is 41.8 Å². The van der Waals surface area contributed by atoms with E-state index in [9.17, 15) is 14.4 Å². The molecule has 7 heteroatoms. The fraction of sp³-hybridized carbons (Fsp3) is 0.250. The summed E-state index contributed by atoms with van der Waals surface area (Å²) in [5.74, 6) is -1.15. The number of ether oxygens (including phenoxy) is 1. The average molecular weight is 368 g/mol. The largest absolute Gasteiger partial charge is 0.465 e. The number of esters is 1. The topological polar surface area (TPSA) is 90.5 Å². The lowest BCUT2D eigenvalue weighted by atomic mass is 10.0. The van der Waals surface area contributed by atoms with Crippen LogP contribution in [-0.4, -0.2) is 23.6 Å². The first-order valence-corrected chi connectivity index (χ1v) is 8.50. The number of carbonyl (C=O) groups is 2. The lowest BCUT2D eigenvalue weighted by Crippen LogP contribution is -2.24. The smallest absolute Gasteiger partial charge is 0.420 e. The number of nitrogens with one attached hydrogen (secondary N) is 1. The van der Waals surface area contributed by atoms with Crippen molar-refractivity contribution >= 4 is 28.7 Å². The highest BCUT2D eigenvalue weighted by molar-refractivity contribution is 5.94. The zero-order valence-electron chi connectivity index (χ0n) is 15.3. The summed E-state index contributed by atoms with van der Waals surface area (Å²) in [4.78, 5) is 36.0. The summed E-state index contributed by atoms with van der Waals surface area (Å²) < 4.78 is 11.0. The van der Waals surface area contributed by atoms with E-state index in [1.54, 1.807) is 6.07 Å². The Morgan fingerprint density at radius 1 is 1.15 bits per heavy atom. The number of fused-ring (bicyclic) bond motifs is 1. The second-order valence-corrected chi connectivity index (χ2v) is 6.45. The zero-order chi connectivity index (χ0) is 19.6. The summed E-state index contributed by atoms with van der Waals surface area (Å²) in [6.45, 7) is 3.99. The first-order valence-electron chi connectivity index (χ1n) is 8.50. The van der Waals surface area contributed by atoms with Crippen LogP contribution in [0.2, 0.25) is 0 Å². The van der Waals surface area contributed by atoms with Gasteiger partial charge in [-0.2, -0.15) is 0 Å². The maximum atomic E-state index is 12.3. The Balaban J connectivity index is 1.79.